The van der Waals surface area contributed by atoms with Crippen molar-refractivity contribution in [3.8, 4) is 5.75 Å². The van der Waals surface area contributed by atoms with Gasteiger partial charge in [0, 0.05) is 24.7 Å². The van der Waals surface area contributed by atoms with Crippen molar-refractivity contribution in [2.24, 2.45) is 5.92 Å². The first-order valence-electron chi connectivity index (χ1n) is 6.68. The molecule has 1 rings (SSSR count). The second-order valence-electron chi connectivity index (χ2n) is 5.10. The molecule has 0 radical (unpaired) electrons. The smallest absolute Gasteiger partial charge is 0.258 e. The van der Waals surface area contributed by atoms with Gasteiger partial charge >= 0.3 is 0 Å². The molecule has 2 N–H and O–H groups in total. The van der Waals surface area contributed by atoms with Gasteiger partial charge < -0.3 is 15.4 Å². The van der Waals surface area contributed by atoms with E-state index in [0.29, 0.717) is 17.4 Å². The lowest BCUT2D eigenvalue weighted by Gasteiger charge is -2.17. The van der Waals surface area contributed by atoms with E-state index in [1.54, 1.807) is 24.3 Å². The van der Waals surface area contributed by atoms with Crippen molar-refractivity contribution in [3.05, 3.63) is 24.3 Å². The van der Waals surface area contributed by atoms with Gasteiger partial charge in [-0.25, -0.2) is 0 Å². The van der Waals surface area contributed by atoms with Gasteiger partial charge in [-0.3, -0.25) is 9.59 Å². The maximum atomic E-state index is 11.7. The van der Waals surface area contributed by atoms with E-state index in [-0.39, 0.29) is 24.5 Å². The summed E-state index contributed by atoms with van der Waals surface area (Å²) >= 11 is 0. The van der Waals surface area contributed by atoms with Crippen molar-refractivity contribution >= 4 is 17.5 Å². The van der Waals surface area contributed by atoms with Crippen LogP contribution in [0.25, 0.3) is 0 Å². The number of ether oxygens (including phenoxy) is 1. The van der Waals surface area contributed by atoms with Crippen LogP contribution in [0.1, 0.15) is 27.7 Å². The Morgan fingerprint density at radius 1 is 1.25 bits per heavy atom. The third-order valence-corrected chi connectivity index (χ3v) is 2.91. The molecular weight excluding hydrogens is 256 g/mol. The highest BCUT2D eigenvalue weighted by atomic mass is 16.5. The van der Waals surface area contributed by atoms with Gasteiger partial charge in [-0.15, -0.1) is 0 Å². The van der Waals surface area contributed by atoms with E-state index in [1.165, 1.54) is 6.92 Å². The third-order valence-electron chi connectivity index (χ3n) is 2.91. The number of carbonyl (C=O) groups is 2. The number of benzene rings is 1. The van der Waals surface area contributed by atoms with Crippen LogP contribution in [0.5, 0.6) is 5.75 Å². The van der Waals surface area contributed by atoms with Crippen LogP contribution in [0.2, 0.25) is 0 Å². The molecule has 0 spiro atoms. The molecule has 0 unspecified atom stereocenters. The molecule has 0 saturated carbocycles. The van der Waals surface area contributed by atoms with Gasteiger partial charge in [0.15, 0.2) is 6.61 Å². The summed E-state index contributed by atoms with van der Waals surface area (Å²) in [7, 11) is 0. The van der Waals surface area contributed by atoms with Crippen molar-refractivity contribution in [3.63, 3.8) is 0 Å². The quantitative estimate of drug-likeness (QED) is 0.838. The highest BCUT2D eigenvalue weighted by molar-refractivity contribution is 5.88. The number of hydrogen-bond acceptors (Lipinski definition) is 3. The van der Waals surface area contributed by atoms with Gasteiger partial charge in [-0.1, -0.05) is 19.9 Å². The van der Waals surface area contributed by atoms with Crippen LogP contribution in [0, 0.1) is 5.92 Å². The normalized spacial score (nSPS) is 11.8. The van der Waals surface area contributed by atoms with E-state index in [2.05, 4.69) is 10.6 Å². The van der Waals surface area contributed by atoms with Crippen molar-refractivity contribution in [1.82, 2.24) is 5.32 Å². The van der Waals surface area contributed by atoms with Crippen molar-refractivity contribution < 1.29 is 14.3 Å². The number of amides is 2. The molecule has 0 aliphatic carbocycles. The molecule has 1 atom stereocenters. The molecule has 2 amide bonds. The predicted molar refractivity (Wildman–Crippen MR) is 78.7 cm³/mol. The maximum absolute atomic E-state index is 11.7. The topological polar surface area (TPSA) is 67.4 Å². The molecule has 20 heavy (non-hydrogen) atoms. The largest absolute Gasteiger partial charge is 0.484 e. The first-order valence-corrected chi connectivity index (χ1v) is 6.68. The second kappa shape index (κ2) is 7.53. The van der Waals surface area contributed by atoms with Gasteiger partial charge in [-0.05, 0) is 25.0 Å². The summed E-state index contributed by atoms with van der Waals surface area (Å²) in [6.45, 7) is 7.44. The number of nitrogens with one attached hydrogen (secondary N) is 2. The van der Waals surface area contributed by atoms with Crippen LogP contribution in [-0.2, 0) is 9.59 Å². The summed E-state index contributed by atoms with van der Waals surface area (Å²) in [5.41, 5.74) is 0.644. The minimum atomic E-state index is -0.156. The lowest BCUT2D eigenvalue weighted by atomic mass is 10.1. The highest BCUT2D eigenvalue weighted by Crippen LogP contribution is 2.17. The Morgan fingerprint density at radius 2 is 1.95 bits per heavy atom. The number of anilines is 1. The summed E-state index contributed by atoms with van der Waals surface area (Å²) in [4.78, 5) is 22.6. The molecule has 1 aromatic rings. The van der Waals surface area contributed by atoms with Crippen LogP contribution < -0.4 is 15.4 Å². The van der Waals surface area contributed by atoms with Crippen LogP contribution in [0.15, 0.2) is 24.3 Å². The Labute approximate surface area is 119 Å². The fourth-order valence-electron chi connectivity index (χ4n) is 1.48. The Kier molecular flexibility index (Phi) is 6.03. The molecule has 1 aromatic carbocycles. The zero-order valence-electron chi connectivity index (χ0n) is 12.4. The van der Waals surface area contributed by atoms with Gasteiger partial charge in [0.25, 0.3) is 5.91 Å². The minimum Gasteiger partial charge on any atom is -0.484 e. The molecule has 0 heterocycles. The lowest BCUT2D eigenvalue weighted by molar-refractivity contribution is -0.124. The van der Waals surface area contributed by atoms with Crippen LogP contribution in [0.3, 0.4) is 0 Å². The number of hydrogen-bond donors (Lipinski definition) is 2. The van der Waals surface area contributed by atoms with E-state index < -0.39 is 0 Å². The molecule has 0 aromatic heterocycles. The molecule has 0 fully saturated rings. The fourth-order valence-corrected chi connectivity index (χ4v) is 1.48. The van der Waals surface area contributed by atoms with E-state index in [1.807, 2.05) is 20.8 Å². The van der Waals surface area contributed by atoms with E-state index in [4.69, 9.17) is 4.74 Å². The van der Waals surface area contributed by atoms with Crippen molar-refractivity contribution in [1.29, 1.82) is 0 Å². The number of rotatable bonds is 6. The summed E-state index contributed by atoms with van der Waals surface area (Å²) < 4.78 is 5.41. The van der Waals surface area contributed by atoms with Gasteiger partial charge in [-0.2, -0.15) is 0 Å². The zero-order chi connectivity index (χ0) is 15.1. The fraction of sp³-hybridized carbons (Fsp3) is 0.467. The van der Waals surface area contributed by atoms with Crippen LogP contribution >= 0.6 is 0 Å². The average molecular weight is 278 g/mol. The number of carbonyl (C=O) groups excluding carboxylic acids is 2. The van der Waals surface area contributed by atoms with Crippen LogP contribution in [0.4, 0.5) is 5.69 Å². The van der Waals surface area contributed by atoms with Gasteiger partial charge in [0.05, 0.1) is 0 Å². The monoisotopic (exact) mass is 278 g/mol. The summed E-state index contributed by atoms with van der Waals surface area (Å²) in [6.07, 6.45) is 0. The second-order valence-corrected chi connectivity index (χ2v) is 5.10. The molecular formula is C15H22N2O3. The molecule has 0 saturated heterocycles. The average Bonchev–Trinajstić information content (AvgIpc) is 2.36. The molecule has 110 valence electrons. The van der Waals surface area contributed by atoms with E-state index in [0.717, 1.165) is 0 Å². The Balaban J connectivity index is 2.49. The van der Waals surface area contributed by atoms with E-state index in [9.17, 15) is 9.59 Å². The Bertz CT molecular complexity index is 472. The summed E-state index contributed by atoms with van der Waals surface area (Å²) in [5.74, 6) is 0.618. The summed E-state index contributed by atoms with van der Waals surface area (Å²) in [6, 6.07) is 7.05. The summed E-state index contributed by atoms with van der Waals surface area (Å²) in [5, 5.41) is 5.52. The zero-order valence-corrected chi connectivity index (χ0v) is 12.4. The maximum Gasteiger partial charge on any atom is 0.258 e. The molecule has 5 nitrogen and oxygen atoms in total. The minimum absolute atomic E-state index is 0.0411. The predicted octanol–water partition coefficient (Wildman–Crippen LogP) is 2.18. The lowest BCUT2D eigenvalue weighted by Crippen LogP contribution is -2.38. The first-order chi connectivity index (χ1) is 9.38. The van der Waals surface area contributed by atoms with Crippen molar-refractivity contribution in [2.75, 3.05) is 11.9 Å². The standard InChI is InChI=1S/C15H22N2O3/c1-10(2)11(3)16-15(19)9-20-14-7-5-6-13(8-14)17-12(4)18/h5-8,10-11H,9H2,1-4H3,(H,16,19)(H,17,18)/t11-/m1/s1. The third kappa shape index (κ3) is 5.73. The van der Waals surface area contributed by atoms with E-state index >= 15 is 0 Å². The Hall–Kier alpha value is -2.04. The van der Waals surface area contributed by atoms with Gasteiger partial charge in [0.1, 0.15) is 5.75 Å². The van der Waals surface area contributed by atoms with Gasteiger partial charge in [0.2, 0.25) is 5.91 Å². The molecule has 0 aliphatic heterocycles. The first kappa shape index (κ1) is 16.0. The van der Waals surface area contributed by atoms with Crippen LogP contribution in [-0.4, -0.2) is 24.5 Å². The molecule has 0 bridgehead atoms. The highest BCUT2D eigenvalue weighted by Gasteiger charge is 2.11. The molecule has 0 aliphatic rings. The molecule has 5 heteroatoms. The Morgan fingerprint density at radius 3 is 2.55 bits per heavy atom. The SMILES string of the molecule is CC(=O)Nc1cccc(OCC(=O)N[C@H](C)C(C)C)c1. The van der Waals surface area contributed by atoms with Crippen molar-refractivity contribution in [2.45, 2.75) is 33.7 Å².